The van der Waals surface area contributed by atoms with Crippen molar-refractivity contribution in [2.24, 2.45) is 5.41 Å². The topological polar surface area (TPSA) is 67.5 Å². The average molecular weight is 196 g/mol. The van der Waals surface area contributed by atoms with Crippen molar-refractivity contribution in [1.29, 1.82) is 5.26 Å². The van der Waals surface area contributed by atoms with E-state index in [4.69, 9.17) is 5.26 Å². The minimum atomic E-state index is -0.604. The van der Waals surface area contributed by atoms with Crippen LogP contribution in [0, 0.1) is 16.7 Å². The molecule has 0 radical (unpaired) electrons. The molecular formula is C10H16N2O2. The van der Waals surface area contributed by atoms with Crippen LogP contribution in [0.1, 0.15) is 19.3 Å². The zero-order valence-electron chi connectivity index (χ0n) is 8.19. The minimum Gasteiger partial charge on any atom is -0.389 e. The highest BCUT2D eigenvalue weighted by molar-refractivity contribution is 5.02. The standard InChI is InChI=1S/C10H16N2O2/c11-4-3-10(1-2-10)7-12-5-8(13)9(14)6-12/h8-9,13-14H,1-3,5-7H2/t8-,9+. The van der Waals surface area contributed by atoms with Crippen molar-refractivity contribution >= 4 is 0 Å². The van der Waals surface area contributed by atoms with E-state index >= 15 is 0 Å². The van der Waals surface area contributed by atoms with Crippen LogP contribution < -0.4 is 0 Å². The predicted octanol–water partition coefficient (Wildman–Crippen LogP) is -0.282. The highest BCUT2D eigenvalue weighted by Gasteiger charge is 2.45. The van der Waals surface area contributed by atoms with Gasteiger partial charge in [0, 0.05) is 26.1 Å². The van der Waals surface area contributed by atoms with Crippen molar-refractivity contribution in [2.45, 2.75) is 31.5 Å². The Morgan fingerprint density at radius 3 is 2.29 bits per heavy atom. The largest absolute Gasteiger partial charge is 0.389 e. The summed E-state index contributed by atoms with van der Waals surface area (Å²) in [5.74, 6) is 0. The number of nitriles is 1. The fraction of sp³-hybridized carbons (Fsp3) is 0.900. The lowest BCUT2D eigenvalue weighted by Crippen LogP contribution is -2.29. The number of hydrogen-bond donors (Lipinski definition) is 2. The van der Waals surface area contributed by atoms with Crippen molar-refractivity contribution < 1.29 is 10.2 Å². The van der Waals surface area contributed by atoms with Gasteiger partial charge in [0.15, 0.2) is 0 Å². The van der Waals surface area contributed by atoms with Crippen molar-refractivity contribution in [3.63, 3.8) is 0 Å². The summed E-state index contributed by atoms with van der Waals surface area (Å²) in [5.41, 5.74) is 0.179. The number of aliphatic hydroxyl groups is 2. The Morgan fingerprint density at radius 2 is 1.86 bits per heavy atom. The second-order valence-electron chi connectivity index (χ2n) is 4.66. The molecule has 0 bridgehead atoms. The normalized spacial score (nSPS) is 35.5. The van der Waals surface area contributed by atoms with Crippen molar-refractivity contribution in [3.8, 4) is 6.07 Å². The Hall–Kier alpha value is -0.630. The van der Waals surface area contributed by atoms with Crippen LogP contribution in [0.4, 0.5) is 0 Å². The van der Waals surface area contributed by atoms with Gasteiger partial charge in [-0.15, -0.1) is 0 Å². The lowest BCUT2D eigenvalue weighted by molar-refractivity contribution is 0.0572. The fourth-order valence-corrected chi connectivity index (χ4v) is 2.19. The molecule has 2 N–H and O–H groups in total. The van der Waals surface area contributed by atoms with Crippen LogP contribution >= 0.6 is 0 Å². The quantitative estimate of drug-likeness (QED) is 0.651. The monoisotopic (exact) mass is 196 g/mol. The predicted molar refractivity (Wildman–Crippen MR) is 50.4 cm³/mol. The van der Waals surface area contributed by atoms with Crippen molar-refractivity contribution in [3.05, 3.63) is 0 Å². The highest BCUT2D eigenvalue weighted by Crippen LogP contribution is 2.49. The van der Waals surface area contributed by atoms with E-state index in [-0.39, 0.29) is 5.41 Å². The summed E-state index contributed by atoms with van der Waals surface area (Å²) in [6, 6.07) is 2.22. The van der Waals surface area contributed by atoms with Gasteiger partial charge in [0.05, 0.1) is 18.3 Å². The Bertz CT molecular complexity index is 247. The van der Waals surface area contributed by atoms with E-state index in [9.17, 15) is 10.2 Å². The summed E-state index contributed by atoms with van der Waals surface area (Å²) in [6.07, 6.45) is 1.63. The van der Waals surface area contributed by atoms with E-state index in [1.165, 1.54) is 0 Å². The molecule has 4 nitrogen and oxygen atoms in total. The molecule has 1 aliphatic carbocycles. The Kier molecular flexibility index (Phi) is 2.48. The van der Waals surface area contributed by atoms with E-state index in [1.54, 1.807) is 0 Å². The number of aliphatic hydroxyl groups excluding tert-OH is 2. The molecule has 14 heavy (non-hydrogen) atoms. The zero-order valence-corrected chi connectivity index (χ0v) is 8.19. The molecule has 1 heterocycles. The maximum atomic E-state index is 9.36. The number of likely N-dealkylation sites (tertiary alicyclic amines) is 1. The molecule has 1 saturated carbocycles. The number of rotatable bonds is 3. The molecule has 0 aromatic rings. The molecule has 2 atom stereocenters. The van der Waals surface area contributed by atoms with Gasteiger partial charge < -0.3 is 10.2 Å². The molecule has 1 saturated heterocycles. The third kappa shape index (κ3) is 1.90. The third-order valence-corrected chi connectivity index (χ3v) is 3.30. The SMILES string of the molecule is N#CCC1(CN2C[C@@H](O)[C@@H](O)C2)CC1. The maximum absolute atomic E-state index is 9.36. The number of β-amino-alcohol motifs (C(OH)–C–C–N with tert-alkyl or cyclic N) is 2. The molecule has 0 aromatic carbocycles. The minimum absolute atomic E-state index is 0.179. The van der Waals surface area contributed by atoms with Gasteiger partial charge in [-0.25, -0.2) is 0 Å². The maximum Gasteiger partial charge on any atom is 0.0938 e. The van der Waals surface area contributed by atoms with Gasteiger partial charge in [0.1, 0.15) is 0 Å². The van der Waals surface area contributed by atoms with E-state index in [0.717, 1.165) is 19.4 Å². The first-order valence-electron chi connectivity index (χ1n) is 5.11. The molecule has 2 fully saturated rings. The van der Waals surface area contributed by atoms with Crippen LogP contribution in [0.3, 0.4) is 0 Å². The molecule has 1 aliphatic heterocycles. The van der Waals surface area contributed by atoms with Gasteiger partial charge in [-0.1, -0.05) is 0 Å². The van der Waals surface area contributed by atoms with E-state index in [2.05, 4.69) is 11.0 Å². The average Bonchev–Trinajstić information content (AvgIpc) is 2.77. The van der Waals surface area contributed by atoms with E-state index in [0.29, 0.717) is 19.5 Å². The van der Waals surface area contributed by atoms with Crippen molar-refractivity contribution in [1.82, 2.24) is 4.90 Å². The van der Waals surface area contributed by atoms with Gasteiger partial charge in [0.2, 0.25) is 0 Å². The summed E-state index contributed by atoms with van der Waals surface area (Å²) < 4.78 is 0. The summed E-state index contributed by atoms with van der Waals surface area (Å²) in [5, 5.41) is 27.4. The fourth-order valence-electron chi connectivity index (χ4n) is 2.19. The second-order valence-corrected chi connectivity index (χ2v) is 4.66. The van der Waals surface area contributed by atoms with Crippen LogP contribution in [-0.4, -0.2) is 47.0 Å². The molecule has 0 unspecified atom stereocenters. The lowest BCUT2D eigenvalue weighted by Gasteiger charge is -2.20. The Balaban J connectivity index is 1.85. The first-order chi connectivity index (χ1) is 6.65. The van der Waals surface area contributed by atoms with E-state index < -0.39 is 12.2 Å². The molecule has 0 spiro atoms. The molecule has 2 aliphatic rings. The van der Waals surface area contributed by atoms with Crippen LogP contribution in [0.2, 0.25) is 0 Å². The summed E-state index contributed by atoms with van der Waals surface area (Å²) in [7, 11) is 0. The smallest absolute Gasteiger partial charge is 0.0938 e. The Labute approximate surface area is 83.8 Å². The first-order valence-corrected chi connectivity index (χ1v) is 5.11. The van der Waals surface area contributed by atoms with Crippen LogP contribution in [0.5, 0.6) is 0 Å². The molecular weight excluding hydrogens is 180 g/mol. The molecule has 0 aromatic heterocycles. The van der Waals surface area contributed by atoms with Gasteiger partial charge in [-0.2, -0.15) is 5.26 Å². The molecule has 4 heteroatoms. The summed E-state index contributed by atoms with van der Waals surface area (Å²) in [4.78, 5) is 2.07. The van der Waals surface area contributed by atoms with Crippen LogP contribution in [0.15, 0.2) is 0 Å². The number of nitrogens with zero attached hydrogens (tertiary/aromatic N) is 2. The Morgan fingerprint density at radius 1 is 1.29 bits per heavy atom. The highest BCUT2D eigenvalue weighted by atomic mass is 16.3. The van der Waals surface area contributed by atoms with Gasteiger partial charge in [-0.3, -0.25) is 4.90 Å². The molecule has 78 valence electrons. The number of hydrogen-bond acceptors (Lipinski definition) is 4. The zero-order chi connectivity index (χ0) is 10.2. The lowest BCUT2D eigenvalue weighted by atomic mass is 10.0. The summed E-state index contributed by atoms with van der Waals surface area (Å²) >= 11 is 0. The van der Waals surface area contributed by atoms with Gasteiger partial charge in [0.25, 0.3) is 0 Å². The van der Waals surface area contributed by atoms with Gasteiger partial charge >= 0.3 is 0 Å². The molecule has 2 rings (SSSR count). The first kappa shape index (κ1) is 9.91. The third-order valence-electron chi connectivity index (χ3n) is 3.30. The van der Waals surface area contributed by atoms with Crippen LogP contribution in [-0.2, 0) is 0 Å². The van der Waals surface area contributed by atoms with Crippen molar-refractivity contribution in [2.75, 3.05) is 19.6 Å². The molecule has 0 amide bonds. The summed E-state index contributed by atoms with van der Waals surface area (Å²) in [6.45, 7) is 1.96. The van der Waals surface area contributed by atoms with E-state index in [1.807, 2.05) is 0 Å². The second kappa shape index (κ2) is 3.50. The van der Waals surface area contributed by atoms with Crippen LogP contribution in [0.25, 0.3) is 0 Å². The van der Waals surface area contributed by atoms with Gasteiger partial charge in [-0.05, 0) is 18.3 Å².